The summed E-state index contributed by atoms with van der Waals surface area (Å²) >= 11 is 7.89. The Morgan fingerprint density at radius 1 is 1.03 bits per heavy atom. The zero-order valence-electron chi connectivity index (χ0n) is 19.9. The maximum atomic E-state index is 13.1. The van der Waals surface area contributed by atoms with E-state index in [-0.39, 0.29) is 16.8 Å². The second kappa shape index (κ2) is 9.69. The molecule has 10 heteroatoms. The third-order valence-electron chi connectivity index (χ3n) is 7.02. The van der Waals surface area contributed by atoms with Crippen molar-refractivity contribution in [2.24, 2.45) is 0 Å². The zero-order valence-corrected chi connectivity index (χ0v) is 22.3. The number of aryl methyl sites for hydroxylation is 1. The van der Waals surface area contributed by atoms with Gasteiger partial charge in [-0.2, -0.15) is 4.31 Å². The van der Waals surface area contributed by atoms with Gasteiger partial charge in [0.1, 0.15) is 0 Å². The summed E-state index contributed by atoms with van der Waals surface area (Å²) in [4.78, 5) is 22.2. The van der Waals surface area contributed by atoms with E-state index in [4.69, 9.17) is 16.6 Å². The maximum Gasteiger partial charge on any atom is 0.253 e. The highest BCUT2D eigenvalue weighted by atomic mass is 35.5. The molecule has 1 amide bonds. The van der Waals surface area contributed by atoms with Crippen LogP contribution in [0.2, 0.25) is 5.02 Å². The van der Waals surface area contributed by atoms with Crippen molar-refractivity contribution in [3.8, 4) is 0 Å². The maximum absolute atomic E-state index is 13.1. The average molecular weight is 533 g/mol. The Hall–Kier alpha value is -2.20. The van der Waals surface area contributed by atoms with E-state index in [0.717, 1.165) is 40.2 Å². The molecule has 186 valence electrons. The second-order valence-corrected chi connectivity index (χ2v) is 12.6. The van der Waals surface area contributed by atoms with Crippen molar-refractivity contribution < 1.29 is 13.2 Å². The van der Waals surface area contributed by atoms with Gasteiger partial charge < -0.3 is 9.80 Å². The van der Waals surface area contributed by atoms with E-state index in [1.807, 2.05) is 30.9 Å². The topological polar surface area (TPSA) is 73.8 Å². The number of amides is 1. The number of anilines is 1. The minimum Gasteiger partial charge on any atom is -0.345 e. The summed E-state index contributed by atoms with van der Waals surface area (Å²) in [5, 5.41) is 1.66. The summed E-state index contributed by atoms with van der Waals surface area (Å²) in [5.41, 5.74) is 2.43. The number of sulfonamides is 1. The number of fused-ring (bicyclic) bond motifs is 1. The number of hydrogen-bond acceptors (Lipinski definition) is 6. The number of benzene rings is 2. The van der Waals surface area contributed by atoms with Crippen molar-refractivity contribution in [2.45, 2.75) is 44.0 Å². The fourth-order valence-corrected chi connectivity index (χ4v) is 7.77. The number of nitrogens with zero attached hydrogens (tertiary/aromatic N) is 4. The van der Waals surface area contributed by atoms with Crippen LogP contribution in [0.5, 0.6) is 0 Å². The van der Waals surface area contributed by atoms with Crippen molar-refractivity contribution in [2.75, 3.05) is 37.6 Å². The molecule has 2 fully saturated rings. The summed E-state index contributed by atoms with van der Waals surface area (Å²) in [6.45, 7) is 7.04. The van der Waals surface area contributed by atoms with Gasteiger partial charge in [0, 0.05) is 49.4 Å². The third kappa shape index (κ3) is 4.67. The Labute approximate surface area is 215 Å². The van der Waals surface area contributed by atoms with Gasteiger partial charge >= 0.3 is 0 Å². The normalized spacial score (nSPS) is 19.9. The fourth-order valence-electron chi connectivity index (χ4n) is 4.84. The summed E-state index contributed by atoms with van der Waals surface area (Å²) in [5.74, 6) is -0.0770. The van der Waals surface area contributed by atoms with Crippen LogP contribution in [0.3, 0.4) is 0 Å². The standard InChI is InChI=1S/C25H29ClN4O3S2/c1-17-5-3-4-12-30(17)35(32,33)20-8-6-19(7-9-20)24(31)28-13-15-29(16-14-28)25-27-23-18(2)21(26)10-11-22(23)34-25/h6-11,17H,3-5,12-16H2,1-2H3. The monoisotopic (exact) mass is 532 g/mol. The highest BCUT2D eigenvalue weighted by Gasteiger charge is 2.31. The summed E-state index contributed by atoms with van der Waals surface area (Å²) in [7, 11) is -3.55. The van der Waals surface area contributed by atoms with Crippen LogP contribution in [0.4, 0.5) is 5.13 Å². The molecule has 2 saturated heterocycles. The largest absolute Gasteiger partial charge is 0.345 e. The van der Waals surface area contributed by atoms with E-state index in [9.17, 15) is 13.2 Å². The molecular weight excluding hydrogens is 504 g/mol. The molecule has 3 heterocycles. The predicted molar refractivity (Wildman–Crippen MR) is 141 cm³/mol. The van der Waals surface area contributed by atoms with Gasteiger partial charge in [-0.05, 0) is 68.7 Å². The van der Waals surface area contributed by atoms with E-state index in [1.54, 1.807) is 39.9 Å². The van der Waals surface area contributed by atoms with Gasteiger partial charge in [0.15, 0.2) is 5.13 Å². The molecule has 2 aliphatic heterocycles. The van der Waals surface area contributed by atoms with Crippen molar-refractivity contribution in [3.63, 3.8) is 0 Å². The molecule has 2 aromatic carbocycles. The molecule has 0 spiro atoms. The lowest BCUT2D eigenvalue weighted by Crippen LogP contribution is -2.48. The number of carbonyl (C=O) groups is 1. The Bertz CT molecular complexity index is 1350. The number of piperazine rings is 1. The molecule has 2 aliphatic rings. The molecule has 35 heavy (non-hydrogen) atoms. The minimum atomic E-state index is -3.55. The molecule has 0 saturated carbocycles. The van der Waals surface area contributed by atoms with Crippen molar-refractivity contribution in [3.05, 3.63) is 52.5 Å². The molecule has 0 aliphatic carbocycles. The number of rotatable bonds is 4. The van der Waals surface area contributed by atoms with Gasteiger partial charge in [-0.3, -0.25) is 4.79 Å². The summed E-state index contributed by atoms with van der Waals surface area (Å²) in [6, 6.07) is 10.3. The Balaban J connectivity index is 1.24. The Morgan fingerprint density at radius 2 is 1.74 bits per heavy atom. The zero-order chi connectivity index (χ0) is 24.7. The van der Waals surface area contributed by atoms with E-state index in [1.165, 1.54) is 0 Å². The van der Waals surface area contributed by atoms with Crippen molar-refractivity contribution in [1.29, 1.82) is 0 Å². The molecule has 1 unspecified atom stereocenters. The number of hydrogen-bond donors (Lipinski definition) is 0. The lowest BCUT2D eigenvalue weighted by atomic mass is 10.1. The van der Waals surface area contributed by atoms with Crippen LogP contribution >= 0.6 is 22.9 Å². The summed E-state index contributed by atoms with van der Waals surface area (Å²) < 4.78 is 28.8. The molecule has 0 bridgehead atoms. The third-order valence-corrected chi connectivity index (χ3v) is 10.5. The molecule has 5 rings (SSSR count). The first-order chi connectivity index (χ1) is 16.8. The molecule has 1 atom stereocenters. The number of aromatic nitrogens is 1. The fraction of sp³-hybridized carbons (Fsp3) is 0.440. The van der Waals surface area contributed by atoms with Gasteiger partial charge in [-0.1, -0.05) is 29.4 Å². The first-order valence-electron chi connectivity index (χ1n) is 12.0. The predicted octanol–water partition coefficient (Wildman–Crippen LogP) is 4.78. The van der Waals surface area contributed by atoms with E-state index in [0.29, 0.717) is 43.3 Å². The first-order valence-corrected chi connectivity index (χ1v) is 14.6. The van der Waals surface area contributed by atoms with E-state index >= 15 is 0 Å². The average Bonchev–Trinajstić information content (AvgIpc) is 3.31. The van der Waals surface area contributed by atoms with E-state index < -0.39 is 10.0 Å². The highest BCUT2D eigenvalue weighted by Crippen LogP contribution is 2.34. The molecule has 1 aromatic heterocycles. The van der Waals surface area contributed by atoms with Gasteiger partial charge in [-0.15, -0.1) is 0 Å². The SMILES string of the molecule is Cc1c(Cl)ccc2sc(N3CCN(C(=O)c4ccc(S(=O)(=O)N5CCCCC5C)cc4)CC3)nc12. The number of halogens is 1. The van der Waals surface area contributed by atoms with Crippen LogP contribution in [-0.2, 0) is 10.0 Å². The van der Waals surface area contributed by atoms with Crippen molar-refractivity contribution in [1.82, 2.24) is 14.2 Å². The number of piperidine rings is 1. The summed E-state index contributed by atoms with van der Waals surface area (Å²) in [6.07, 6.45) is 2.82. The van der Waals surface area contributed by atoms with Gasteiger partial charge in [0.2, 0.25) is 10.0 Å². The number of carbonyl (C=O) groups excluding carboxylic acids is 1. The minimum absolute atomic E-state index is 0.00248. The van der Waals surface area contributed by atoms with Crippen LogP contribution < -0.4 is 4.90 Å². The van der Waals surface area contributed by atoms with Crippen LogP contribution in [0, 0.1) is 6.92 Å². The van der Waals surface area contributed by atoms with Crippen LogP contribution in [0.15, 0.2) is 41.3 Å². The Kier molecular flexibility index (Phi) is 6.78. The molecular formula is C25H29ClN4O3S2. The second-order valence-electron chi connectivity index (χ2n) is 9.28. The van der Waals surface area contributed by atoms with Crippen LogP contribution in [0.25, 0.3) is 10.2 Å². The van der Waals surface area contributed by atoms with Gasteiger partial charge in [0.25, 0.3) is 5.91 Å². The number of thiazole rings is 1. The lowest BCUT2D eigenvalue weighted by Gasteiger charge is -2.34. The first kappa shape index (κ1) is 24.5. The van der Waals surface area contributed by atoms with Crippen LogP contribution in [0.1, 0.15) is 42.1 Å². The van der Waals surface area contributed by atoms with Crippen molar-refractivity contribution >= 4 is 54.2 Å². The quantitative estimate of drug-likeness (QED) is 0.483. The van der Waals surface area contributed by atoms with Gasteiger partial charge in [0.05, 0.1) is 15.1 Å². The smallest absolute Gasteiger partial charge is 0.253 e. The lowest BCUT2D eigenvalue weighted by molar-refractivity contribution is 0.0746. The highest BCUT2D eigenvalue weighted by molar-refractivity contribution is 7.89. The molecule has 7 nitrogen and oxygen atoms in total. The Morgan fingerprint density at radius 3 is 2.43 bits per heavy atom. The van der Waals surface area contributed by atoms with Gasteiger partial charge in [-0.25, -0.2) is 13.4 Å². The molecule has 3 aromatic rings. The van der Waals surface area contributed by atoms with E-state index in [2.05, 4.69) is 4.90 Å². The van der Waals surface area contributed by atoms with Crippen LogP contribution in [-0.4, -0.2) is 67.3 Å². The molecule has 0 N–H and O–H groups in total. The molecule has 0 radical (unpaired) electrons.